The zero-order valence-corrected chi connectivity index (χ0v) is 15.1. The number of para-hydroxylation sites is 4. The van der Waals surface area contributed by atoms with Gasteiger partial charge in [0.15, 0.2) is 11.2 Å². The van der Waals surface area contributed by atoms with Gasteiger partial charge < -0.3 is 8.83 Å². The molecule has 0 atom stereocenters. The summed E-state index contributed by atoms with van der Waals surface area (Å²) in [5.74, 6) is 0.246. The van der Waals surface area contributed by atoms with Crippen LogP contribution in [-0.4, -0.2) is 22.9 Å². The van der Waals surface area contributed by atoms with Gasteiger partial charge in [0.2, 0.25) is 11.8 Å². The maximum atomic E-state index is 12.0. The summed E-state index contributed by atoms with van der Waals surface area (Å²) in [6.45, 7) is 0. The summed E-state index contributed by atoms with van der Waals surface area (Å²) < 4.78 is 45.4. The van der Waals surface area contributed by atoms with E-state index in [0.717, 1.165) is 0 Å². The fraction of sp³-hybridized carbons (Fsp3) is 0. The lowest BCUT2D eigenvalue weighted by molar-refractivity contribution is 0.483. The number of fused-ring (bicyclic) bond motifs is 2. The number of aromatic nitrogens is 2. The number of hydrogen-bond acceptors (Lipinski definition) is 6. The van der Waals surface area contributed by atoms with E-state index in [1.807, 2.05) is 12.1 Å². The molecule has 0 aliphatic rings. The minimum Gasteiger partial charge on any atom is -0.436 e. The van der Waals surface area contributed by atoms with Crippen molar-refractivity contribution in [2.24, 2.45) is 0 Å². The summed E-state index contributed by atoms with van der Waals surface area (Å²) in [4.78, 5) is 8.48. The number of rotatable bonds is 3. The molecule has 0 radical (unpaired) electrons. The summed E-state index contributed by atoms with van der Waals surface area (Å²) >= 11 is 0. The molecular formula is C20H12N2O5S. The molecule has 8 heteroatoms. The van der Waals surface area contributed by atoms with Crippen molar-refractivity contribution in [2.75, 3.05) is 0 Å². The second-order valence-corrected chi connectivity index (χ2v) is 7.52. The monoisotopic (exact) mass is 392 g/mol. The Morgan fingerprint density at radius 1 is 0.714 bits per heavy atom. The Bertz CT molecular complexity index is 1380. The first-order valence-corrected chi connectivity index (χ1v) is 9.77. The Morgan fingerprint density at radius 3 is 1.89 bits per heavy atom. The molecule has 0 saturated carbocycles. The van der Waals surface area contributed by atoms with Gasteiger partial charge in [-0.25, -0.2) is 9.97 Å². The van der Waals surface area contributed by atoms with Crippen LogP contribution in [0.25, 0.3) is 45.1 Å². The zero-order chi connectivity index (χ0) is 19.3. The molecule has 0 bridgehead atoms. The standard InChI is InChI=1S/C20H12N2O5S/c23-28(24,25)17-11-5-6-12(19-21-13-7-1-3-9-15(13)26-19)18(17)20-22-14-8-2-4-10-16(14)27-20/h1-11H,(H,23,24,25). The van der Waals surface area contributed by atoms with E-state index >= 15 is 0 Å². The Morgan fingerprint density at radius 2 is 1.29 bits per heavy atom. The second-order valence-electron chi connectivity index (χ2n) is 6.13. The Labute approximate surface area is 159 Å². The number of benzene rings is 3. The molecule has 0 aliphatic heterocycles. The van der Waals surface area contributed by atoms with Crippen LogP contribution in [0.15, 0.2) is 80.5 Å². The van der Waals surface area contributed by atoms with Crippen molar-refractivity contribution >= 4 is 32.3 Å². The SMILES string of the molecule is O=S(=O)(O)c1cccc(-c2nc3ccccc3o2)c1-c1nc2ccccc2o1. The minimum atomic E-state index is -4.55. The maximum absolute atomic E-state index is 12.0. The first-order chi connectivity index (χ1) is 13.5. The predicted molar refractivity (Wildman–Crippen MR) is 102 cm³/mol. The van der Waals surface area contributed by atoms with Gasteiger partial charge in [0.25, 0.3) is 10.1 Å². The smallest absolute Gasteiger partial charge is 0.295 e. The molecule has 1 N–H and O–H groups in total. The van der Waals surface area contributed by atoms with Gasteiger partial charge in [-0.05, 0) is 36.4 Å². The zero-order valence-electron chi connectivity index (χ0n) is 14.2. The van der Waals surface area contributed by atoms with Gasteiger partial charge >= 0.3 is 0 Å². The minimum absolute atomic E-state index is 0.0479. The molecular weight excluding hydrogens is 380 g/mol. The Balaban J connectivity index is 1.84. The molecule has 0 unspecified atom stereocenters. The second kappa shape index (κ2) is 6.01. The quantitative estimate of drug-likeness (QED) is 0.449. The van der Waals surface area contributed by atoms with Gasteiger partial charge in [-0.2, -0.15) is 8.42 Å². The molecule has 7 nitrogen and oxygen atoms in total. The van der Waals surface area contributed by atoms with Gasteiger partial charge in [0, 0.05) is 0 Å². The predicted octanol–water partition coefficient (Wildman–Crippen LogP) is 4.55. The van der Waals surface area contributed by atoms with Crippen molar-refractivity contribution in [3.63, 3.8) is 0 Å². The van der Waals surface area contributed by atoms with E-state index in [4.69, 9.17) is 8.83 Å². The van der Waals surface area contributed by atoms with Crippen LogP contribution in [0.3, 0.4) is 0 Å². The lowest BCUT2D eigenvalue weighted by atomic mass is 10.1. The van der Waals surface area contributed by atoms with Crippen LogP contribution in [0.1, 0.15) is 0 Å². The van der Waals surface area contributed by atoms with Crippen LogP contribution in [-0.2, 0) is 10.1 Å². The highest BCUT2D eigenvalue weighted by Crippen LogP contribution is 2.38. The largest absolute Gasteiger partial charge is 0.436 e. The van der Waals surface area contributed by atoms with Crippen LogP contribution in [0.2, 0.25) is 0 Å². The first kappa shape index (κ1) is 16.7. The molecule has 3 aromatic carbocycles. The van der Waals surface area contributed by atoms with Gasteiger partial charge in [0.05, 0.1) is 11.1 Å². The van der Waals surface area contributed by atoms with Crippen LogP contribution in [0, 0.1) is 0 Å². The van der Waals surface area contributed by atoms with Crippen LogP contribution >= 0.6 is 0 Å². The molecule has 0 amide bonds. The Kier molecular flexibility index (Phi) is 3.58. The van der Waals surface area contributed by atoms with Crippen molar-refractivity contribution < 1.29 is 21.8 Å². The summed E-state index contributed by atoms with van der Waals surface area (Å²) in [6, 6.07) is 18.7. The van der Waals surface area contributed by atoms with E-state index in [1.54, 1.807) is 42.5 Å². The van der Waals surface area contributed by atoms with Crippen LogP contribution in [0.5, 0.6) is 0 Å². The van der Waals surface area contributed by atoms with Crippen LogP contribution in [0.4, 0.5) is 0 Å². The molecule has 0 saturated heterocycles. The lowest BCUT2D eigenvalue weighted by Crippen LogP contribution is -2.02. The van der Waals surface area contributed by atoms with Crippen molar-refractivity contribution in [3.8, 4) is 22.9 Å². The van der Waals surface area contributed by atoms with Crippen molar-refractivity contribution in [1.82, 2.24) is 9.97 Å². The third-order valence-electron chi connectivity index (χ3n) is 4.34. The average Bonchev–Trinajstić information content (AvgIpc) is 3.30. The average molecular weight is 392 g/mol. The van der Waals surface area contributed by atoms with Crippen LogP contribution < -0.4 is 0 Å². The summed E-state index contributed by atoms with van der Waals surface area (Å²) in [5.41, 5.74) is 2.67. The molecule has 28 heavy (non-hydrogen) atoms. The van der Waals surface area contributed by atoms with Gasteiger partial charge in [-0.3, -0.25) is 4.55 Å². The highest BCUT2D eigenvalue weighted by atomic mass is 32.2. The highest BCUT2D eigenvalue weighted by molar-refractivity contribution is 7.86. The third-order valence-corrected chi connectivity index (χ3v) is 5.23. The molecule has 2 aromatic heterocycles. The fourth-order valence-corrected chi connectivity index (χ4v) is 3.82. The molecule has 0 spiro atoms. The molecule has 0 aliphatic carbocycles. The van der Waals surface area contributed by atoms with Crippen molar-refractivity contribution in [3.05, 3.63) is 66.7 Å². The molecule has 5 rings (SSSR count). The summed E-state index contributed by atoms with van der Waals surface area (Å²) in [5, 5.41) is 0. The first-order valence-electron chi connectivity index (χ1n) is 8.33. The Hall–Kier alpha value is -3.49. The van der Waals surface area contributed by atoms with Gasteiger partial charge in [-0.1, -0.05) is 30.3 Å². The van der Waals surface area contributed by atoms with Gasteiger partial charge in [-0.15, -0.1) is 0 Å². The number of nitrogens with zero attached hydrogens (tertiary/aromatic N) is 2. The number of hydrogen-bond donors (Lipinski definition) is 1. The van der Waals surface area contributed by atoms with Crippen molar-refractivity contribution in [1.29, 1.82) is 0 Å². The van der Waals surface area contributed by atoms with E-state index in [2.05, 4.69) is 9.97 Å². The summed E-state index contributed by atoms with van der Waals surface area (Å²) in [6.07, 6.45) is 0. The molecule has 5 aromatic rings. The van der Waals surface area contributed by atoms with E-state index in [1.165, 1.54) is 12.1 Å². The lowest BCUT2D eigenvalue weighted by Gasteiger charge is -2.08. The van der Waals surface area contributed by atoms with E-state index in [-0.39, 0.29) is 22.2 Å². The third kappa shape index (κ3) is 2.67. The van der Waals surface area contributed by atoms with Gasteiger partial charge in [0.1, 0.15) is 15.9 Å². The van der Waals surface area contributed by atoms with E-state index in [9.17, 15) is 13.0 Å². The normalized spacial score (nSPS) is 12.0. The maximum Gasteiger partial charge on any atom is 0.295 e. The van der Waals surface area contributed by atoms with Crippen molar-refractivity contribution in [2.45, 2.75) is 4.90 Å². The van der Waals surface area contributed by atoms with E-state index in [0.29, 0.717) is 27.8 Å². The summed E-state index contributed by atoms with van der Waals surface area (Å²) in [7, 11) is -4.55. The van der Waals surface area contributed by atoms with E-state index < -0.39 is 10.1 Å². The topological polar surface area (TPSA) is 106 Å². The molecule has 138 valence electrons. The molecule has 2 heterocycles. The molecule has 0 fully saturated rings. The highest BCUT2D eigenvalue weighted by Gasteiger charge is 2.26. The fourth-order valence-electron chi connectivity index (χ4n) is 3.11. The number of oxazole rings is 2.